The first-order valence-corrected chi connectivity index (χ1v) is 15.6. The number of benzene rings is 1. The van der Waals surface area contributed by atoms with Gasteiger partial charge in [-0.05, 0) is 103 Å². The van der Waals surface area contributed by atoms with E-state index in [1.54, 1.807) is 0 Å². The van der Waals surface area contributed by atoms with Gasteiger partial charge in [0.2, 0.25) is 5.43 Å². The Morgan fingerprint density at radius 2 is 1.61 bits per heavy atom. The molecule has 2 bridgehead atoms. The van der Waals surface area contributed by atoms with Gasteiger partial charge in [-0.15, -0.1) is 6.58 Å². The molecule has 2 aliphatic carbocycles. The van der Waals surface area contributed by atoms with Gasteiger partial charge >= 0.3 is 0 Å². The lowest BCUT2D eigenvalue weighted by atomic mass is 9.39. The van der Waals surface area contributed by atoms with E-state index in [2.05, 4.69) is 19.2 Å². The van der Waals surface area contributed by atoms with E-state index < -0.39 is 39.0 Å². The van der Waals surface area contributed by atoms with Crippen LogP contribution in [0.2, 0.25) is 0 Å². The topological polar surface area (TPSA) is 105 Å². The summed E-state index contributed by atoms with van der Waals surface area (Å²) in [6, 6.07) is 2.32. The maximum absolute atomic E-state index is 15.4. The van der Waals surface area contributed by atoms with E-state index in [1.807, 2.05) is 61.5 Å². The van der Waals surface area contributed by atoms with Gasteiger partial charge in [0, 0.05) is 6.07 Å². The first-order valence-electron chi connectivity index (χ1n) is 15.6. The minimum atomic E-state index is -1.51. The van der Waals surface area contributed by atoms with Crippen molar-refractivity contribution in [2.45, 2.75) is 99.3 Å². The molecular weight excluding hydrogens is 552 g/mol. The van der Waals surface area contributed by atoms with Crippen LogP contribution in [0.5, 0.6) is 11.5 Å². The van der Waals surface area contributed by atoms with Crippen molar-refractivity contribution in [1.82, 2.24) is 0 Å². The SMILES string of the molecule is C=C(C)CCC(C[C@@]12C[C@@H](CC=C(C)C)C(C)(C)[C@@](CC=C(C)C)(C(=O)c3c1oc1cc(O)c(O)cc1c3=O)C2=O)C(=C)C. The van der Waals surface area contributed by atoms with Crippen LogP contribution in [0, 0.1) is 22.7 Å². The molecule has 0 spiro atoms. The van der Waals surface area contributed by atoms with Gasteiger partial charge in [0.1, 0.15) is 22.3 Å². The van der Waals surface area contributed by atoms with Gasteiger partial charge in [-0.2, -0.15) is 0 Å². The fraction of sp³-hybridized carbons (Fsp3) is 0.500. The van der Waals surface area contributed by atoms with Crippen molar-refractivity contribution < 1.29 is 24.2 Å². The van der Waals surface area contributed by atoms with Gasteiger partial charge in [-0.3, -0.25) is 14.4 Å². The van der Waals surface area contributed by atoms with E-state index >= 15 is 4.79 Å². The molecule has 6 heteroatoms. The second kappa shape index (κ2) is 11.7. The molecule has 0 aliphatic heterocycles. The average Bonchev–Trinajstić information content (AvgIpc) is 2.91. The van der Waals surface area contributed by atoms with Crippen molar-refractivity contribution in [3.8, 4) is 11.5 Å². The van der Waals surface area contributed by atoms with Crippen LogP contribution in [-0.4, -0.2) is 21.8 Å². The van der Waals surface area contributed by atoms with Crippen LogP contribution in [0.4, 0.5) is 0 Å². The number of ketones is 2. The maximum Gasteiger partial charge on any atom is 0.204 e. The van der Waals surface area contributed by atoms with Crippen molar-refractivity contribution >= 4 is 22.5 Å². The lowest BCUT2D eigenvalue weighted by molar-refractivity contribution is -0.153. The maximum atomic E-state index is 15.4. The van der Waals surface area contributed by atoms with Gasteiger partial charge < -0.3 is 14.6 Å². The molecule has 1 unspecified atom stereocenters. The van der Waals surface area contributed by atoms with Crippen LogP contribution >= 0.6 is 0 Å². The molecule has 6 nitrogen and oxygen atoms in total. The molecular formula is C38H48O6. The molecule has 1 aromatic carbocycles. The summed E-state index contributed by atoms with van der Waals surface area (Å²) in [5.74, 6) is -1.76. The van der Waals surface area contributed by atoms with Gasteiger partial charge in [0.05, 0.1) is 10.8 Å². The quantitative estimate of drug-likeness (QED) is 0.160. The van der Waals surface area contributed by atoms with Crippen molar-refractivity contribution in [2.24, 2.45) is 22.7 Å². The second-order valence-corrected chi connectivity index (χ2v) is 14.5. The van der Waals surface area contributed by atoms with Crippen LogP contribution in [0.15, 0.2) is 68.9 Å². The number of Topliss-reactive ketones (excluding diaryl/α,β-unsaturated/α-hetero) is 2. The number of phenols is 2. The third kappa shape index (κ3) is 5.20. The summed E-state index contributed by atoms with van der Waals surface area (Å²) in [6.07, 6.45) is 7.16. The lowest BCUT2D eigenvalue weighted by Gasteiger charge is -2.60. The van der Waals surface area contributed by atoms with Gasteiger partial charge in [-0.1, -0.05) is 54.9 Å². The largest absolute Gasteiger partial charge is 0.504 e. The highest BCUT2D eigenvalue weighted by molar-refractivity contribution is 6.23. The Morgan fingerprint density at radius 1 is 1.00 bits per heavy atom. The first kappa shape index (κ1) is 33.2. The fourth-order valence-corrected chi connectivity index (χ4v) is 7.58. The molecule has 4 atom stereocenters. The fourth-order valence-electron chi connectivity index (χ4n) is 7.58. The number of aromatic hydroxyl groups is 2. The second-order valence-electron chi connectivity index (χ2n) is 14.5. The third-order valence-electron chi connectivity index (χ3n) is 10.4. The predicted molar refractivity (Wildman–Crippen MR) is 176 cm³/mol. The minimum Gasteiger partial charge on any atom is -0.504 e. The number of rotatable bonds is 10. The van der Waals surface area contributed by atoms with Crippen LogP contribution < -0.4 is 5.43 Å². The van der Waals surface area contributed by atoms with Crippen LogP contribution in [0.1, 0.15) is 110 Å². The monoisotopic (exact) mass is 600 g/mol. The summed E-state index contributed by atoms with van der Waals surface area (Å²) in [7, 11) is 0. The van der Waals surface area contributed by atoms with E-state index in [0.29, 0.717) is 19.3 Å². The highest BCUT2D eigenvalue weighted by Crippen LogP contribution is 2.66. The molecule has 2 N–H and O–H groups in total. The van der Waals surface area contributed by atoms with Crippen molar-refractivity contribution in [2.75, 3.05) is 0 Å². The van der Waals surface area contributed by atoms with Crippen LogP contribution in [0.3, 0.4) is 0 Å². The Morgan fingerprint density at radius 3 is 2.18 bits per heavy atom. The number of allylic oxidation sites excluding steroid dienone is 6. The lowest BCUT2D eigenvalue weighted by Crippen LogP contribution is -2.68. The van der Waals surface area contributed by atoms with Gasteiger partial charge in [-0.25, -0.2) is 0 Å². The number of hydrogen-bond donors (Lipinski definition) is 2. The van der Waals surface area contributed by atoms with Crippen molar-refractivity contribution in [3.63, 3.8) is 0 Å². The Bertz CT molecular complexity index is 1670. The summed E-state index contributed by atoms with van der Waals surface area (Å²) in [6.45, 7) is 24.3. The predicted octanol–water partition coefficient (Wildman–Crippen LogP) is 8.89. The first-order chi connectivity index (χ1) is 20.4. The van der Waals surface area contributed by atoms with Crippen LogP contribution in [-0.2, 0) is 10.2 Å². The molecule has 1 aromatic heterocycles. The molecule has 1 saturated carbocycles. The van der Waals surface area contributed by atoms with Gasteiger partial charge in [0.15, 0.2) is 23.1 Å². The Hall–Kier alpha value is -3.67. The third-order valence-corrected chi connectivity index (χ3v) is 10.4. The Balaban J connectivity index is 2.17. The number of hydrogen-bond acceptors (Lipinski definition) is 6. The standard InChI is InChI=1S/C38H48O6/c1-21(2)11-13-25(24(7)8)19-37-20-26(14-12-22(3)4)36(9,10)38(35(37)43,16-15-23(5)6)33(42)31-32(41)27-17-28(39)29(40)18-30(27)44-34(31)37/h12,15,17-18,25-26,39-40H,1,7,11,13-14,16,19-20H2,2-6,8-10H3/t25?,26-,37-,38+/m1/s1. The van der Waals surface area contributed by atoms with E-state index in [1.165, 1.54) is 6.07 Å². The summed E-state index contributed by atoms with van der Waals surface area (Å²) in [5.41, 5.74) is -0.198. The highest BCUT2D eigenvalue weighted by Gasteiger charge is 2.72. The van der Waals surface area contributed by atoms with Crippen molar-refractivity contribution in [3.05, 3.63) is 81.3 Å². The van der Waals surface area contributed by atoms with Crippen LogP contribution in [0.25, 0.3) is 11.0 Å². The normalized spacial score (nSPS) is 24.4. The summed E-state index contributed by atoms with van der Waals surface area (Å²) in [5, 5.41) is 20.6. The number of fused-ring (bicyclic) bond motifs is 5. The molecule has 0 saturated heterocycles. The average molecular weight is 601 g/mol. The van der Waals surface area contributed by atoms with Gasteiger partial charge in [0.25, 0.3) is 0 Å². The highest BCUT2D eigenvalue weighted by atomic mass is 16.3. The summed E-state index contributed by atoms with van der Waals surface area (Å²) >= 11 is 0. The summed E-state index contributed by atoms with van der Waals surface area (Å²) in [4.78, 5) is 44.7. The van der Waals surface area contributed by atoms with E-state index in [4.69, 9.17) is 4.42 Å². The van der Waals surface area contributed by atoms with E-state index in [-0.39, 0.29) is 46.3 Å². The molecule has 2 aromatic rings. The summed E-state index contributed by atoms with van der Waals surface area (Å²) < 4.78 is 6.46. The Kier molecular flexibility index (Phi) is 8.82. The molecule has 1 heterocycles. The zero-order chi connectivity index (χ0) is 32.9. The number of carbonyl (C=O) groups excluding carboxylic acids is 2. The minimum absolute atomic E-state index is 0.00929. The molecule has 2 aliphatic rings. The Labute approximate surface area is 261 Å². The molecule has 236 valence electrons. The smallest absolute Gasteiger partial charge is 0.204 e. The number of phenolic OH excluding ortho intramolecular Hbond substituents is 2. The molecule has 0 amide bonds. The van der Waals surface area contributed by atoms with Crippen molar-refractivity contribution in [1.29, 1.82) is 0 Å². The number of carbonyl (C=O) groups is 2. The molecule has 4 rings (SSSR count). The molecule has 1 fully saturated rings. The zero-order valence-corrected chi connectivity index (χ0v) is 27.6. The molecule has 0 radical (unpaired) electrons. The van der Waals surface area contributed by atoms with E-state index in [9.17, 15) is 19.8 Å². The molecule has 44 heavy (non-hydrogen) atoms. The zero-order valence-electron chi connectivity index (χ0n) is 27.6. The van der Waals surface area contributed by atoms with E-state index in [0.717, 1.165) is 41.2 Å².